The summed E-state index contributed by atoms with van der Waals surface area (Å²) in [6.45, 7) is 4.85. The van der Waals surface area contributed by atoms with E-state index in [4.69, 9.17) is 5.11 Å². The van der Waals surface area contributed by atoms with Gasteiger partial charge in [0, 0.05) is 24.4 Å². The molecule has 0 radical (unpaired) electrons. The molecular weight excluding hydrogens is 218 g/mol. The molecule has 0 unspecified atom stereocenters. The Morgan fingerprint density at radius 3 is 2.82 bits per heavy atom. The van der Waals surface area contributed by atoms with Gasteiger partial charge in [-0.25, -0.2) is 4.79 Å². The molecule has 0 aromatic carbocycles. The second-order valence-electron chi connectivity index (χ2n) is 4.32. The van der Waals surface area contributed by atoms with Crippen LogP contribution in [0.4, 0.5) is 0 Å². The van der Waals surface area contributed by atoms with E-state index >= 15 is 0 Å². The third-order valence-corrected chi connectivity index (χ3v) is 2.40. The second kappa shape index (κ2) is 6.03. The number of hydrogen-bond donors (Lipinski definition) is 1. The summed E-state index contributed by atoms with van der Waals surface area (Å²) >= 11 is 0. The van der Waals surface area contributed by atoms with Crippen LogP contribution in [0.3, 0.4) is 0 Å². The summed E-state index contributed by atoms with van der Waals surface area (Å²) in [4.78, 5) is 22.3. The van der Waals surface area contributed by atoms with Crippen molar-refractivity contribution in [3.05, 3.63) is 40.3 Å². The van der Waals surface area contributed by atoms with E-state index in [9.17, 15) is 9.59 Å². The van der Waals surface area contributed by atoms with Crippen LogP contribution in [0.2, 0.25) is 0 Å². The highest BCUT2D eigenvalue weighted by molar-refractivity contribution is 5.85. The third-order valence-electron chi connectivity index (χ3n) is 2.40. The van der Waals surface area contributed by atoms with Crippen molar-refractivity contribution in [3.8, 4) is 0 Å². The first-order valence-corrected chi connectivity index (χ1v) is 5.61. The largest absolute Gasteiger partial charge is 0.478 e. The molecule has 0 amide bonds. The molecule has 0 saturated heterocycles. The van der Waals surface area contributed by atoms with E-state index in [0.29, 0.717) is 18.0 Å². The summed E-state index contributed by atoms with van der Waals surface area (Å²) in [6.07, 6.45) is 4.95. The molecule has 1 aromatic heterocycles. The van der Waals surface area contributed by atoms with Crippen LogP contribution >= 0.6 is 0 Å². The fraction of sp³-hybridized carbons (Fsp3) is 0.385. The molecule has 1 N–H and O–H groups in total. The van der Waals surface area contributed by atoms with Crippen LogP contribution in [-0.4, -0.2) is 15.6 Å². The zero-order chi connectivity index (χ0) is 12.8. The molecule has 0 aliphatic heterocycles. The third kappa shape index (κ3) is 4.26. The van der Waals surface area contributed by atoms with Crippen molar-refractivity contribution in [1.29, 1.82) is 0 Å². The highest BCUT2D eigenvalue weighted by Crippen LogP contribution is 2.02. The van der Waals surface area contributed by atoms with Gasteiger partial charge in [0.25, 0.3) is 5.56 Å². The van der Waals surface area contributed by atoms with Gasteiger partial charge in [0.15, 0.2) is 0 Å². The Morgan fingerprint density at radius 2 is 2.24 bits per heavy atom. The van der Waals surface area contributed by atoms with Crippen molar-refractivity contribution in [2.75, 3.05) is 0 Å². The Kier molecular flexibility index (Phi) is 4.69. The molecule has 0 aliphatic carbocycles. The predicted molar refractivity (Wildman–Crippen MR) is 66.8 cm³/mol. The number of aromatic nitrogens is 1. The van der Waals surface area contributed by atoms with E-state index in [1.165, 1.54) is 6.08 Å². The van der Waals surface area contributed by atoms with Crippen molar-refractivity contribution in [3.63, 3.8) is 0 Å². The van der Waals surface area contributed by atoms with Crippen molar-refractivity contribution in [1.82, 2.24) is 4.57 Å². The quantitative estimate of drug-likeness (QED) is 0.794. The summed E-state index contributed by atoms with van der Waals surface area (Å²) in [6, 6.07) is 3.37. The Balaban J connectivity index is 2.91. The molecule has 0 spiro atoms. The molecule has 92 valence electrons. The molecule has 17 heavy (non-hydrogen) atoms. The summed E-state index contributed by atoms with van der Waals surface area (Å²) < 4.78 is 1.61. The minimum atomic E-state index is -1.05. The number of rotatable bonds is 5. The number of pyridine rings is 1. The van der Waals surface area contributed by atoms with Crippen LogP contribution in [0.15, 0.2) is 29.2 Å². The zero-order valence-corrected chi connectivity index (χ0v) is 10.1. The number of hydrogen-bond acceptors (Lipinski definition) is 2. The SMILES string of the molecule is CC(C)CCn1cccc(/C=C/C(=O)O)c1=O. The zero-order valence-electron chi connectivity index (χ0n) is 10.1. The van der Waals surface area contributed by atoms with Crippen molar-refractivity contribution < 1.29 is 9.90 Å². The standard InChI is InChI=1S/C13H17NO3/c1-10(2)7-9-14-8-3-4-11(13(14)17)5-6-12(15)16/h3-6,8,10H,7,9H2,1-2H3,(H,15,16)/b6-5+. The predicted octanol–water partition coefficient (Wildman–Crippen LogP) is 1.99. The molecule has 4 nitrogen and oxygen atoms in total. The number of carboxylic acids is 1. The van der Waals surface area contributed by atoms with Gasteiger partial charge in [-0.05, 0) is 30.5 Å². The van der Waals surface area contributed by atoms with Crippen LogP contribution in [0, 0.1) is 5.92 Å². The fourth-order valence-electron chi connectivity index (χ4n) is 1.42. The summed E-state index contributed by atoms with van der Waals surface area (Å²) in [5.74, 6) is -0.526. The first kappa shape index (κ1) is 13.2. The van der Waals surface area contributed by atoms with E-state index < -0.39 is 5.97 Å². The molecule has 0 atom stereocenters. The molecule has 1 aromatic rings. The second-order valence-corrected chi connectivity index (χ2v) is 4.32. The Hall–Kier alpha value is -1.84. The maximum atomic E-state index is 11.9. The molecule has 1 heterocycles. The number of carbonyl (C=O) groups is 1. The average Bonchev–Trinajstić information content (AvgIpc) is 2.25. The Morgan fingerprint density at radius 1 is 1.53 bits per heavy atom. The molecule has 4 heteroatoms. The molecule has 0 saturated carbocycles. The summed E-state index contributed by atoms with van der Waals surface area (Å²) in [5, 5.41) is 8.52. The van der Waals surface area contributed by atoms with Gasteiger partial charge < -0.3 is 9.67 Å². The summed E-state index contributed by atoms with van der Waals surface area (Å²) in [7, 11) is 0. The highest BCUT2D eigenvalue weighted by Gasteiger charge is 2.02. The minimum absolute atomic E-state index is 0.148. The van der Waals surface area contributed by atoms with Gasteiger partial charge in [0.1, 0.15) is 0 Å². The van der Waals surface area contributed by atoms with E-state index in [-0.39, 0.29) is 5.56 Å². The lowest BCUT2D eigenvalue weighted by Gasteiger charge is -2.08. The van der Waals surface area contributed by atoms with Crippen LogP contribution in [0.5, 0.6) is 0 Å². The van der Waals surface area contributed by atoms with E-state index in [2.05, 4.69) is 13.8 Å². The number of aliphatic carboxylic acids is 1. The highest BCUT2D eigenvalue weighted by atomic mass is 16.4. The topological polar surface area (TPSA) is 59.3 Å². The lowest BCUT2D eigenvalue weighted by Crippen LogP contribution is -2.22. The van der Waals surface area contributed by atoms with Gasteiger partial charge in [-0.15, -0.1) is 0 Å². The Bertz CT molecular complexity index is 472. The number of carboxylic acid groups (broad SMARTS) is 1. The maximum absolute atomic E-state index is 11.9. The van der Waals surface area contributed by atoms with Gasteiger partial charge in [0.05, 0.1) is 0 Å². The van der Waals surface area contributed by atoms with Crippen LogP contribution in [0.1, 0.15) is 25.8 Å². The van der Waals surface area contributed by atoms with Gasteiger partial charge in [0.2, 0.25) is 0 Å². The monoisotopic (exact) mass is 235 g/mol. The number of aryl methyl sites for hydroxylation is 1. The van der Waals surface area contributed by atoms with Crippen LogP contribution in [0.25, 0.3) is 6.08 Å². The fourth-order valence-corrected chi connectivity index (χ4v) is 1.42. The van der Waals surface area contributed by atoms with Gasteiger partial charge in [-0.2, -0.15) is 0 Å². The molecular formula is C13H17NO3. The minimum Gasteiger partial charge on any atom is -0.478 e. The Labute approximate surface area is 100 Å². The molecule has 1 rings (SSSR count). The van der Waals surface area contributed by atoms with Crippen LogP contribution < -0.4 is 5.56 Å². The smallest absolute Gasteiger partial charge is 0.328 e. The van der Waals surface area contributed by atoms with Gasteiger partial charge in [-0.1, -0.05) is 13.8 Å². The van der Waals surface area contributed by atoms with Crippen molar-refractivity contribution in [2.24, 2.45) is 5.92 Å². The molecule has 0 fully saturated rings. The van der Waals surface area contributed by atoms with Crippen molar-refractivity contribution >= 4 is 12.0 Å². The normalized spacial score (nSPS) is 11.2. The average molecular weight is 235 g/mol. The first-order valence-electron chi connectivity index (χ1n) is 5.61. The summed E-state index contributed by atoms with van der Waals surface area (Å²) in [5.41, 5.74) is 0.254. The van der Waals surface area contributed by atoms with E-state index in [1.807, 2.05) is 0 Å². The molecule has 0 bridgehead atoms. The van der Waals surface area contributed by atoms with Crippen LogP contribution in [-0.2, 0) is 11.3 Å². The maximum Gasteiger partial charge on any atom is 0.328 e. The lowest BCUT2D eigenvalue weighted by molar-refractivity contribution is -0.131. The molecule has 0 aliphatic rings. The van der Waals surface area contributed by atoms with E-state index in [0.717, 1.165) is 12.5 Å². The van der Waals surface area contributed by atoms with E-state index in [1.54, 1.807) is 22.9 Å². The van der Waals surface area contributed by atoms with Crippen molar-refractivity contribution in [2.45, 2.75) is 26.8 Å². The van der Waals surface area contributed by atoms with Gasteiger partial charge >= 0.3 is 5.97 Å². The van der Waals surface area contributed by atoms with Gasteiger partial charge in [-0.3, -0.25) is 4.79 Å². The number of nitrogens with zero attached hydrogens (tertiary/aromatic N) is 1. The first-order chi connectivity index (χ1) is 8.00. The lowest BCUT2D eigenvalue weighted by atomic mass is 10.1.